The van der Waals surface area contributed by atoms with E-state index in [1.807, 2.05) is 12.1 Å². The lowest BCUT2D eigenvalue weighted by Gasteiger charge is -2.43. The molecule has 0 radical (unpaired) electrons. The third-order valence-electron chi connectivity index (χ3n) is 4.75. The molecule has 3 aromatic rings. The number of rotatable bonds is 6. The van der Waals surface area contributed by atoms with Gasteiger partial charge in [0.25, 0.3) is 8.32 Å². The molecule has 1 aromatic heterocycles. The van der Waals surface area contributed by atoms with Gasteiger partial charge in [-0.15, -0.1) is 0 Å². The van der Waals surface area contributed by atoms with Crippen molar-refractivity contribution < 1.29 is 13.9 Å². The zero-order valence-electron chi connectivity index (χ0n) is 15.6. The van der Waals surface area contributed by atoms with Crippen molar-refractivity contribution in [3.05, 3.63) is 84.8 Å². The average Bonchev–Trinajstić information content (AvgIpc) is 3.17. The van der Waals surface area contributed by atoms with Gasteiger partial charge in [-0.2, -0.15) is 0 Å². The van der Waals surface area contributed by atoms with Crippen LogP contribution in [0.15, 0.2) is 83.5 Å². The van der Waals surface area contributed by atoms with Gasteiger partial charge in [-0.05, 0) is 27.5 Å². The molecule has 4 heteroatoms. The summed E-state index contributed by atoms with van der Waals surface area (Å²) in [6.45, 7) is 6.86. The largest absolute Gasteiger partial charge is 0.467 e. The highest BCUT2D eigenvalue weighted by atomic mass is 28.4. The highest BCUT2D eigenvalue weighted by molar-refractivity contribution is 6.99. The third kappa shape index (κ3) is 3.54. The number of aliphatic hydroxyl groups is 1. The van der Waals surface area contributed by atoms with Crippen LogP contribution in [0.3, 0.4) is 0 Å². The Balaban J connectivity index is 2.05. The summed E-state index contributed by atoms with van der Waals surface area (Å²) >= 11 is 0. The number of hydrogen-bond donors (Lipinski definition) is 1. The molecule has 0 aliphatic carbocycles. The molecule has 0 amide bonds. The maximum Gasteiger partial charge on any atom is 0.261 e. The van der Waals surface area contributed by atoms with Crippen molar-refractivity contribution in [2.75, 3.05) is 6.61 Å². The Labute approximate surface area is 156 Å². The van der Waals surface area contributed by atoms with E-state index in [9.17, 15) is 5.11 Å². The molecule has 26 heavy (non-hydrogen) atoms. The summed E-state index contributed by atoms with van der Waals surface area (Å²) in [5.74, 6) is 0.530. The predicted molar refractivity (Wildman–Crippen MR) is 107 cm³/mol. The van der Waals surface area contributed by atoms with E-state index in [1.54, 1.807) is 18.4 Å². The molecule has 0 bridgehead atoms. The van der Waals surface area contributed by atoms with Crippen LogP contribution in [0.4, 0.5) is 0 Å². The molecule has 3 nitrogen and oxygen atoms in total. The minimum absolute atomic E-state index is 0.113. The maximum absolute atomic E-state index is 10.5. The molecule has 3 rings (SSSR count). The van der Waals surface area contributed by atoms with E-state index in [2.05, 4.69) is 69.3 Å². The highest BCUT2D eigenvalue weighted by Gasteiger charge is 2.50. The first-order valence-electron chi connectivity index (χ1n) is 8.91. The van der Waals surface area contributed by atoms with E-state index in [0.29, 0.717) is 5.76 Å². The lowest BCUT2D eigenvalue weighted by atomic mass is 10.2. The van der Waals surface area contributed by atoms with Crippen LogP contribution in [0.5, 0.6) is 0 Å². The van der Waals surface area contributed by atoms with E-state index < -0.39 is 14.4 Å². The van der Waals surface area contributed by atoms with Gasteiger partial charge in [-0.25, -0.2) is 0 Å². The zero-order valence-corrected chi connectivity index (χ0v) is 16.6. The Morgan fingerprint density at radius 2 is 1.42 bits per heavy atom. The van der Waals surface area contributed by atoms with Crippen molar-refractivity contribution >= 4 is 18.7 Å². The molecule has 136 valence electrons. The van der Waals surface area contributed by atoms with Crippen molar-refractivity contribution in [3.63, 3.8) is 0 Å². The fourth-order valence-electron chi connectivity index (χ4n) is 3.53. The molecular weight excluding hydrogens is 340 g/mol. The van der Waals surface area contributed by atoms with Crippen molar-refractivity contribution in [2.45, 2.75) is 31.9 Å². The Kier molecular flexibility index (Phi) is 5.46. The van der Waals surface area contributed by atoms with Gasteiger partial charge < -0.3 is 13.9 Å². The Morgan fingerprint density at radius 1 is 0.885 bits per heavy atom. The SMILES string of the molecule is CC(C)(C)[Si](OC[C@H](O)c1ccco1)(c1ccccc1)c1ccccc1. The van der Waals surface area contributed by atoms with Crippen LogP contribution < -0.4 is 10.4 Å². The van der Waals surface area contributed by atoms with Gasteiger partial charge in [-0.1, -0.05) is 81.4 Å². The minimum atomic E-state index is -2.63. The second-order valence-corrected chi connectivity index (χ2v) is 11.8. The zero-order chi connectivity index (χ0) is 18.6. The van der Waals surface area contributed by atoms with Gasteiger partial charge in [0.15, 0.2) is 0 Å². The molecular formula is C22H26O3Si. The lowest BCUT2D eigenvalue weighted by molar-refractivity contribution is 0.0842. The van der Waals surface area contributed by atoms with Crippen LogP contribution >= 0.6 is 0 Å². The molecule has 1 N–H and O–H groups in total. The maximum atomic E-state index is 10.5. The summed E-state index contributed by atoms with van der Waals surface area (Å²) in [7, 11) is -2.63. The molecule has 0 saturated heterocycles. The number of furan rings is 1. The molecule has 0 fully saturated rings. The number of benzene rings is 2. The van der Waals surface area contributed by atoms with Crippen molar-refractivity contribution in [2.24, 2.45) is 0 Å². The van der Waals surface area contributed by atoms with Gasteiger partial charge in [0.05, 0.1) is 12.9 Å². The Bertz CT molecular complexity index is 753. The fraction of sp³-hybridized carbons (Fsp3) is 0.273. The second-order valence-electron chi connectivity index (χ2n) is 7.51. The molecule has 2 aromatic carbocycles. The normalized spacial score (nSPS) is 13.5. The molecule has 1 atom stereocenters. The summed E-state index contributed by atoms with van der Waals surface area (Å²) in [6.07, 6.45) is 0.785. The van der Waals surface area contributed by atoms with Gasteiger partial charge >= 0.3 is 0 Å². The number of hydrogen-bond acceptors (Lipinski definition) is 3. The molecule has 0 unspecified atom stereocenters. The highest BCUT2D eigenvalue weighted by Crippen LogP contribution is 2.37. The van der Waals surface area contributed by atoms with Crippen molar-refractivity contribution in [1.29, 1.82) is 0 Å². The van der Waals surface area contributed by atoms with Gasteiger partial charge in [-0.3, -0.25) is 0 Å². The molecule has 0 aliphatic rings. The van der Waals surface area contributed by atoms with Crippen LogP contribution in [0, 0.1) is 0 Å². The summed E-state index contributed by atoms with van der Waals surface area (Å²) in [5.41, 5.74) is 0. The van der Waals surface area contributed by atoms with Gasteiger partial charge in [0, 0.05) is 0 Å². The van der Waals surface area contributed by atoms with Crippen LogP contribution in [0.25, 0.3) is 0 Å². The lowest BCUT2D eigenvalue weighted by Crippen LogP contribution is -2.66. The van der Waals surface area contributed by atoms with Gasteiger partial charge in [0.2, 0.25) is 0 Å². The first kappa shape index (κ1) is 18.6. The first-order chi connectivity index (χ1) is 12.4. The summed E-state index contributed by atoms with van der Waals surface area (Å²) < 4.78 is 12.0. The Morgan fingerprint density at radius 3 is 1.85 bits per heavy atom. The van der Waals surface area contributed by atoms with Crippen LogP contribution in [-0.4, -0.2) is 20.0 Å². The standard InChI is InChI=1S/C22H26O3Si/c1-22(2,3)26(18-11-6-4-7-12-18,19-13-8-5-9-14-19)25-17-20(23)21-15-10-16-24-21/h4-16,20,23H,17H2,1-3H3/t20-/m0/s1. The van der Waals surface area contributed by atoms with Crippen LogP contribution in [-0.2, 0) is 4.43 Å². The summed E-state index contributed by atoms with van der Waals surface area (Å²) in [5, 5.41) is 12.8. The molecule has 0 saturated carbocycles. The van der Waals surface area contributed by atoms with E-state index in [4.69, 9.17) is 8.84 Å². The first-order valence-corrected chi connectivity index (χ1v) is 10.8. The van der Waals surface area contributed by atoms with E-state index >= 15 is 0 Å². The van der Waals surface area contributed by atoms with Gasteiger partial charge in [0.1, 0.15) is 11.9 Å². The third-order valence-corrected chi connectivity index (χ3v) is 9.75. The van der Waals surface area contributed by atoms with Crippen LogP contribution in [0.2, 0.25) is 5.04 Å². The summed E-state index contributed by atoms with van der Waals surface area (Å²) in [4.78, 5) is 0. The number of aliphatic hydroxyl groups excluding tert-OH is 1. The van der Waals surface area contributed by atoms with E-state index in [1.165, 1.54) is 10.4 Å². The predicted octanol–water partition coefficient (Wildman–Crippen LogP) is 3.89. The second kappa shape index (κ2) is 7.62. The fourth-order valence-corrected chi connectivity index (χ4v) is 8.09. The van der Waals surface area contributed by atoms with Crippen molar-refractivity contribution in [1.82, 2.24) is 0 Å². The molecule has 1 heterocycles. The molecule has 0 spiro atoms. The van der Waals surface area contributed by atoms with E-state index in [-0.39, 0.29) is 11.6 Å². The monoisotopic (exact) mass is 366 g/mol. The van der Waals surface area contributed by atoms with Crippen LogP contribution in [0.1, 0.15) is 32.6 Å². The van der Waals surface area contributed by atoms with E-state index in [0.717, 1.165) is 0 Å². The molecule has 0 aliphatic heterocycles. The smallest absolute Gasteiger partial charge is 0.261 e. The minimum Gasteiger partial charge on any atom is -0.467 e. The summed E-state index contributed by atoms with van der Waals surface area (Å²) in [6, 6.07) is 24.4. The quantitative estimate of drug-likeness (QED) is 0.673. The average molecular weight is 367 g/mol. The van der Waals surface area contributed by atoms with Crippen molar-refractivity contribution in [3.8, 4) is 0 Å². The topological polar surface area (TPSA) is 42.6 Å². The Hall–Kier alpha value is -2.14.